The van der Waals surface area contributed by atoms with E-state index in [2.05, 4.69) is 5.32 Å². The Balaban J connectivity index is 1.70. The van der Waals surface area contributed by atoms with E-state index in [0.29, 0.717) is 33.1 Å². The minimum Gasteiger partial charge on any atom is -0.493 e. The van der Waals surface area contributed by atoms with Crippen LogP contribution in [0.5, 0.6) is 11.5 Å². The monoisotopic (exact) mass is 411 g/mol. The van der Waals surface area contributed by atoms with E-state index >= 15 is 0 Å². The van der Waals surface area contributed by atoms with Gasteiger partial charge in [-0.05, 0) is 42.7 Å². The SMILES string of the molecule is COc1cc(CNC2CCCCC2)cc(Cl)c1OCc1c(F)cccc1Cl. The molecule has 1 saturated carbocycles. The Morgan fingerprint density at radius 2 is 1.89 bits per heavy atom. The Bertz CT molecular complexity index is 759. The highest BCUT2D eigenvalue weighted by Crippen LogP contribution is 2.37. The Morgan fingerprint density at radius 3 is 2.59 bits per heavy atom. The van der Waals surface area contributed by atoms with Crippen molar-refractivity contribution in [3.05, 3.63) is 57.3 Å². The van der Waals surface area contributed by atoms with Crippen LogP contribution in [0.15, 0.2) is 30.3 Å². The van der Waals surface area contributed by atoms with Crippen molar-refractivity contribution in [3.63, 3.8) is 0 Å². The van der Waals surface area contributed by atoms with Gasteiger partial charge in [-0.3, -0.25) is 0 Å². The summed E-state index contributed by atoms with van der Waals surface area (Å²) in [5.74, 6) is 0.501. The van der Waals surface area contributed by atoms with Crippen LogP contribution in [0.4, 0.5) is 4.39 Å². The molecule has 0 unspecified atom stereocenters. The third-order valence-corrected chi connectivity index (χ3v) is 5.55. The lowest BCUT2D eigenvalue weighted by atomic mass is 9.95. The molecule has 1 fully saturated rings. The van der Waals surface area contributed by atoms with Crippen LogP contribution < -0.4 is 14.8 Å². The normalized spacial score (nSPS) is 15.0. The summed E-state index contributed by atoms with van der Waals surface area (Å²) >= 11 is 12.5. The third-order valence-electron chi connectivity index (χ3n) is 4.91. The standard InChI is InChI=1S/C21H24Cl2FNO2/c1-26-20-11-14(12-25-15-6-3-2-4-7-15)10-18(23)21(20)27-13-16-17(22)8-5-9-19(16)24/h5,8-11,15,25H,2-4,6-7,12-13H2,1H3. The van der Waals surface area contributed by atoms with Crippen molar-refractivity contribution in [2.24, 2.45) is 0 Å². The number of methoxy groups -OCH3 is 1. The molecule has 6 heteroatoms. The van der Waals surface area contributed by atoms with Gasteiger partial charge in [-0.25, -0.2) is 4.39 Å². The summed E-state index contributed by atoms with van der Waals surface area (Å²) in [6.07, 6.45) is 6.33. The molecule has 1 aliphatic rings. The van der Waals surface area contributed by atoms with Gasteiger partial charge in [-0.2, -0.15) is 0 Å². The minimum atomic E-state index is -0.411. The summed E-state index contributed by atoms with van der Waals surface area (Å²) in [5, 5.41) is 4.34. The molecule has 0 amide bonds. The predicted octanol–water partition coefficient (Wildman–Crippen LogP) is 6.14. The summed E-state index contributed by atoms with van der Waals surface area (Å²) in [6.45, 7) is 0.696. The molecule has 1 N–H and O–H groups in total. The Labute approximate surface area is 169 Å². The molecule has 0 aliphatic heterocycles. The molecule has 3 rings (SSSR count). The molecule has 146 valence electrons. The summed E-state index contributed by atoms with van der Waals surface area (Å²) < 4.78 is 25.1. The van der Waals surface area contributed by atoms with Gasteiger partial charge in [0.2, 0.25) is 0 Å². The maximum absolute atomic E-state index is 13.9. The van der Waals surface area contributed by atoms with Crippen LogP contribution in [0.2, 0.25) is 10.0 Å². The predicted molar refractivity (Wildman–Crippen MR) is 107 cm³/mol. The van der Waals surface area contributed by atoms with Crippen molar-refractivity contribution < 1.29 is 13.9 Å². The van der Waals surface area contributed by atoms with E-state index in [1.165, 1.54) is 38.2 Å². The van der Waals surface area contributed by atoms with Crippen LogP contribution in [-0.2, 0) is 13.2 Å². The Hall–Kier alpha value is -1.49. The molecule has 0 radical (unpaired) electrons. The zero-order valence-corrected chi connectivity index (χ0v) is 16.9. The topological polar surface area (TPSA) is 30.5 Å². The van der Waals surface area contributed by atoms with Gasteiger partial charge in [-0.15, -0.1) is 0 Å². The van der Waals surface area contributed by atoms with Gasteiger partial charge in [0.25, 0.3) is 0 Å². The second-order valence-electron chi connectivity index (χ2n) is 6.81. The van der Waals surface area contributed by atoms with Crippen molar-refractivity contribution in [1.82, 2.24) is 5.32 Å². The van der Waals surface area contributed by atoms with Crippen LogP contribution in [0.3, 0.4) is 0 Å². The van der Waals surface area contributed by atoms with E-state index in [0.717, 1.165) is 12.1 Å². The van der Waals surface area contributed by atoms with Gasteiger partial charge in [0, 0.05) is 18.2 Å². The smallest absolute Gasteiger partial charge is 0.180 e. The highest BCUT2D eigenvalue weighted by molar-refractivity contribution is 6.32. The number of hydrogen-bond acceptors (Lipinski definition) is 3. The van der Waals surface area contributed by atoms with Crippen LogP contribution in [-0.4, -0.2) is 13.2 Å². The molecule has 3 nitrogen and oxygen atoms in total. The molecule has 0 saturated heterocycles. The number of rotatable bonds is 7. The fraction of sp³-hybridized carbons (Fsp3) is 0.429. The quantitative estimate of drug-likeness (QED) is 0.592. The largest absolute Gasteiger partial charge is 0.493 e. The van der Waals surface area contributed by atoms with Crippen molar-refractivity contribution in [2.75, 3.05) is 7.11 Å². The van der Waals surface area contributed by atoms with E-state index < -0.39 is 5.82 Å². The molecular formula is C21H24Cl2FNO2. The van der Waals surface area contributed by atoms with Gasteiger partial charge < -0.3 is 14.8 Å². The van der Waals surface area contributed by atoms with Crippen LogP contribution >= 0.6 is 23.2 Å². The van der Waals surface area contributed by atoms with Gasteiger partial charge in [-0.1, -0.05) is 48.5 Å². The first-order valence-electron chi connectivity index (χ1n) is 9.24. The van der Waals surface area contributed by atoms with Crippen LogP contribution in [0.1, 0.15) is 43.2 Å². The summed E-state index contributed by atoms with van der Waals surface area (Å²) in [6, 6.07) is 8.86. The van der Waals surface area contributed by atoms with Gasteiger partial charge in [0.05, 0.1) is 17.2 Å². The average molecular weight is 412 g/mol. The zero-order chi connectivity index (χ0) is 19.2. The van der Waals surface area contributed by atoms with Gasteiger partial charge in [0.15, 0.2) is 11.5 Å². The number of hydrogen-bond donors (Lipinski definition) is 1. The zero-order valence-electron chi connectivity index (χ0n) is 15.4. The van der Waals surface area contributed by atoms with Gasteiger partial charge >= 0.3 is 0 Å². The fourth-order valence-corrected chi connectivity index (χ4v) is 3.90. The van der Waals surface area contributed by atoms with Crippen molar-refractivity contribution >= 4 is 23.2 Å². The molecule has 27 heavy (non-hydrogen) atoms. The second-order valence-corrected chi connectivity index (χ2v) is 7.63. The summed E-state index contributed by atoms with van der Waals surface area (Å²) in [5.41, 5.74) is 1.32. The maximum atomic E-state index is 13.9. The van der Waals surface area contributed by atoms with E-state index in [4.69, 9.17) is 32.7 Å². The number of benzene rings is 2. The molecule has 2 aromatic rings. The van der Waals surface area contributed by atoms with Crippen LogP contribution in [0.25, 0.3) is 0 Å². The molecular weight excluding hydrogens is 388 g/mol. The van der Waals surface area contributed by atoms with E-state index in [1.54, 1.807) is 19.2 Å². The average Bonchev–Trinajstić information content (AvgIpc) is 2.67. The van der Waals surface area contributed by atoms with Gasteiger partial charge in [0.1, 0.15) is 12.4 Å². The van der Waals surface area contributed by atoms with E-state index in [1.807, 2.05) is 12.1 Å². The van der Waals surface area contributed by atoms with Crippen molar-refractivity contribution in [1.29, 1.82) is 0 Å². The molecule has 0 atom stereocenters. The van der Waals surface area contributed by atoms with Crippen molar-refractivity contribution in [2.45, 2.75) is 51.3 Å². The Morgan fingerprint density at radius 1 is 1.11 bits per heavy atom. The highest BCUT2D eigenvalue weighted by atomic mass is 35.5. The third kappa shape index (κ3) is 5.28. The highest BCUT2D eigenvalue weighted by Gasteiger charge is 2.16. The summed E-state index contributed by atoms with van der Waals surface area (Å²) in [4.78, 5) is 0. The molecule has 0 aromatic heterocycles. The number of halogens is 3. The summed E-state index contributed by atoms with van der Waals surface area (Å²) in [7, 11) is 1.56. The molecule has 2 aromatic carbocycles. The lowest BCUT2D eigenvalue weighted by Gasteiger charge is -2.23. The lowest BCUT2D eigenvalue weighted by molar-refractivity contribution is 0.279. The second kappa shape index (κ2) is 9.63. The molecule has 1 aliphatic carbocycles. The van der Waals surface area contributed by atoms with E-state index in [-0.39, 0.29) is 6.61 Å². The van der Waals surface area contributed by atoms with Crippen molar-refractivity contribution in [3.8, 4) is 11.5 Å². The Kier molecular flexibility index (Phi) is 7.22. The van der Waals surface area contributed by atoms with Crippen LogP contribution in [0, 0.1) is 5.82 Å². The minimum absolute atomic E-state index is 0.0265. The fourth-order valence-electron chi connectivity index (χ4n) is 3.40. The molecule has 0 heterocycles. The maximum Gasteiger partial charge on any atom is 0.180 e. The lowest BCUT2D eigenvalue weighted by Crippen LogP contribution is -2.30. The number of nitrogens with one attached hydrogen (secondary N) is 1. The first kappa shape index (κ1) is 20.2. The molecule has 0 bridgehead atoms. The first-order chi connectivity index (χ1) is 13.1. The first-order valence-corrected chi connectivity index (χ1v) is 9.99. The van der Waals surface area contributed by atoms with E-state index in [9.17, 15) is 4.39 Å². The molecule has 0 spiro atoms. The number of ether oxygens (including phenoxy) is 2.